The van der Waals surface area contributed by atoms with Crippen molar-refractivity contribution in [2.75, 3.05) is 17.5 Å². The van der Waals surface area contributed by atoms with Crippen molar-refractivity contribution >= 4 is 37.5 Å². The summed E-state index contributed by atoms with van der Waals surface area (Å²) in [6.07, 6.45) is 0. The lowest BCUT2D eigenvalue weighted by Gasteiger charge is -2.24. The number of ether oxygens (including phenoxy) is 1. The van der Waals surface area contributed by atoms with Crippen LogP contribution in [0.2, 0.25) is 0 Å². The first kappa shape index (κ1) is 23.8. The van der Waals surface area contributed by atoms with E-state index in [1.165, 1.54) is 12.1 Å². The van der Waals surface area contributed by atoms with Gasteiger partial charge >= 0.3 is 0 Å². The van der Waals surface area contributed by atoms with Crippen molar-refractivity contribution in [3.63, 3.8) is 0 Å². The number of hydrogen-bond acceptors (Lipinski definition) is 4. The molecule has 0 bridgehead atoms. The van der Waals surface area contributed by atoms with Gasteiger partial charge in [0.15, 0.2) is 0 Å². The molecule has 8 heteroatoms. The average molecular weight is 517 g/mol. The molecule has 1 N–H and O–H groups in total. The molecular weight excluding hydrogens is 492 g/mol. The maximum Gasteiger partial charge on any atom is 0.264 e. The van der Waals surface area contributed by atoms with Crippen LogP contribution < -0.4 is 14.4 Å². The Morgan fingerprint density at radius 3 is 2.34 bits per heavy atom. The molecule has 0 radical (unpaired) electrons. The summed E-state index contributed by atoms with van der Waals surface area (Å²) in [6, 6.07) is 20.7. The van der Waals surface area contributed by atoms with E-state index >= 15 is 0 Å². The topological polar surface area (TPSA) is 75.7 Å². The first-order valence-corrected chi connectivity index (χ1v) is 12.4. The molecule has 0 aliphatic heterocycles. The first-order chi connectivity index (χ1) is 15.3. The Morgan fingerprint density at radius 2 is 1.72 bits per heavy atom. The molecule has 0 spiro atoms. The van der Waals surface area contributed by atoms with Gasteiger partial charge in [0.2, 0.25) is 5.91 Å². The van der Waals surface area contributed by atoms with Gasteiger partial charge in [-0.1, -0.05) is 45.8 Å². The van der Waals surface area contributed by atoms with Crippen LogP contribution in [0.3, 0.4) is 0 Å². The van der Waals surface area contributed by atoms with Gasteiger partial charge in [-0.05, 0) is 67.9 Å². The minimum Gasteiger partial charge on any atom is -0.494 e. The van der Waals surface area contributed by atoms with Gasteiger partial charge in [-0.15, -0.1) is 0 Å². The first-order valence-electron chi connectivity index (χ1n) is 10.1. The Labute approximate surface area is 197 Å². The molecular formula is C24H25BrN2O4S. The van der Waals surface area contributed by atoms with Crippen molar-refractivity contribution in [3.8, 4) is 5.75 Å². The number of nitrogens with one attached hydrogen (secondary N) is 1. The minimum absolute atomic E-state index is 0.0982. The Bertz CT molecular complexity index is 1160. The summed E-state index contributed by atoms with van der Waals surface area (Å²) in [5.41, 5.74) is 2.41. The van der Waals surface area contributed by atoms with Crippen LogP contribution in [-0.2, 0) is 21.4 Å². The molecule has 3 aromatic carbocycles. The number of carbonyl (C=O) groups excluding carboxylic acids is 1. The molecule has 0 aliphatic rings. The van der Waals surface area contributed by atoms with Crippen LogP contribution in [-0.4, -0.2) is 27.5 Å². The number of amides is 1. The van der Waals surface area contributed by atoms with Crippen molar-refractivity contribution < 1.29 is 17.9 Å². The maximum atomic E-state index is 13.4. The number of anilines is 1. The molecule has 0 aromatic heterocycles. The molecule has 3 rings (SSSR count). The highest BCUT2D eigenvalue weighted by Gasteiger charge is 2.27. The van der Waals surface area contributed by atoms with E-state index in [4.69, 9.17) is 4.74 Å². The summed E-state index contributed by atoms with van der Waals surface area (Å²) in [5.74, 6) is 0.224. The largest absolute Gasteiger partial charge is 0.494 e. The van der Waals surface area contributed by atoms with Crippen LogP contribution in [0, 0.1) is 6.92 Å². The van der Waals surface area contributed by atoms with Crippen molar-refractivity contribution in [1.29, 1.82) is 0 Å². The van der Waals surface area contributed by atoms with Crippen LogP contribution in [0.15, 0.2) is 82.2 Å². The van der Waals surface area contributed by atoms with Crippen LogP contribution in [0.4, 0.5) is 5.69 Å². The molecule has 32 heavy (non-hydrogen) atoms. The van der Waals surface area contributed by atoms with E-state index in [1.807, 2.05) is 38.1 Å². The van der Waals surface area contributed by atoms with E-state index in [0.29, 0.717) is 24.6 Å². The number of halogens is 1. The molecule has 0 atom stereocenters. The monoisotopic (exact) mass is 516 g/mol. The average Bonchev–Trinajstić information content (AvgIpc) is 2.77. The molecule has 0 fully saturated rings. The number of sulfonamides is 1. The van der Waals surface area contributed by atoms with Crippen molar-refractivity contribution in [2.45, 2.75) is 25.3 Å². The predicted molar refractivity (Wildman–Crippen MR) is 129 cm³/mol. The number of benzene rings is 3. The zero-order valence-electron chi connectivity index (χ0n) is 17.9. The molecule has 0 saturated heterocycles. The summed E-state index contributed by atoms with van der Waals surface area (Å²) < 4.78 is 34.1. The van der Waals surface area contributed by atoms with Gasteiger partial charge in [0, 0.05) is 11.0 Å². The maximum absolute atomic E-state index is 13.4. The standard InChI is InChI=1S/C24H25BrN2O4S/c1-3-31-22-11-9-21(10-12-22)27(32(29,30)23-13-7-20(25)8-14-23)17-24(28)26-16-19-6-4-5-18(2)15-19/h4-15H,3,16-17H2,1-2H3,(H,26,28). The van der Waals surface area contributed by atoms with Gasteiger partial charge in [0.25, 0.3) is 10.0 Å². The van der Waals surface area contributed by atoms with Crippen LogP contribution in [0.1, 0.15) is 18.1 Å². The summed E-state index contributed by atoms with van der Waals surface area (Å²) in [6.45, 7) is 4.32. The molecule has 1 amide bonds. The lowest BCUT2D eigenvalue weighted by atomic mass is 10.1. The zero-order valence-corrected chi connectivity index (χ0v) is 20.3. The van der Waals surface area contributed by atoms with Crippen LogP contribution >= 0.6 is 15.9 Å². The molecule has 0 saturated carbocycles. The smallest absolute Gasteiger partial charge is 0.264 e. The van der Waals surface area contributed by atoms with Crippen molar-refractivity contribution in [2.24, 2.45) is 0 Å². The van der Waals surface area contributed by atoms with E-state index < -0.39 is 15.9 Å². The number of nitrogens with zero attached hydrogens (tertiary/aromatic N) is 1. The minimum atomic E-state index is -3.97. The van der Waals surface area contributed by atoms with E-state index in [2.05, 4.69) is 21.2 Å². The lowest BCUT2D eigenvalue weighted by Crippen LogP contribution is -2.40. The Balaban J connectivity index is 1.85. The highest BCUT2D eigenvalue weighted by atomic mass is 79.9. The van der Waals surface area contributed by atoms with Gasteiger partial charge in [0.05, 0.1) is 17.2 Å². The second kappa shape index (κ2) is 10.7. The van der Waals surface area contributed by atoms with Gasteiger partial charge in [-0.3, -0.25) is 9.10 Å². The highest BCUT2D eigenvalue weighted by molar-refractivity contribution is 9.10. The number of carbonyl (C=O) groups is 1. The molecule has 0 unspecified atom stereocenters. The zero-order chi connectivity index (χ0) is 23.1. The Hall–Kier alpha value is -2.84. The van der Waals surface area contributed by atoms with E-state index in [0.717, 1.165) is 19.9 Å². The molecule has 6 nitrogen and oxygen atoms in total. The fraction of sp³-hybridized carbons (Fsp3) is 0.208. The molecule has 3 aromatic rings. The fourth-order valence-electron chi connectivity index (χ4n) is 3.13. The van der Waals surface area contributed by atoms with Gasteiger partial charge in [-0.2, -0.15) is 0 Å². The number of hydrogen-bond donors (Lipinski definition) is 1. The normalized spacial score (nSPS) is 11.1. The quantitative estimate of drug-likeness (QED) is 0.448. The number of aryl methyl sites for hydroxylation is 1. The molecule has 0 heterocycles. The SMILES string of the molecule is CCOc1ccc(N(CC(=O)NCc2cccc(C)c2)S(=O)(=O)c2ccc(Br)cc2)cc1. The van der Waals surface area contributed by atoms with E-state index in [1.54, 1.807) is 36.4 Å². The lowest BCUT2D eigenvalue weighted by molar-refractivity contribution is -0.119. The summed E-state index contributed by atoms with van der Waals surface area (Å²) in [7, 11) is -3.97. The predicted octanol–water partition coefficient (Wildman–Crippen LogP) is 4.67. The highest BCUT2D eigenvalue weighted by Crippen LogP contribution is 2.26. The second-order valence-corrected chi connectivity index (χ2v) is 9.94. The Morgan fingerprint density at radius 1 is 1.03 bits per heavy atom. The van der Waals surface area contributed by atoms with Crippen molar-refractivity contribution in [3.05, 3.63) is 88.4 Å². The van der Waals surface area contributed by atoms with E-state index in [-0.39, 0.29) is 11.4 Å². The fourth-order valence-corrected chi connectivity index (χ4v) is 4.82. The third-order valence-corrected chi connectivity index (χ3v) is 7.01. The van der Waals surface area contributed by atoms with Crippen LogP contribution in [0.5, 0.6) is 5.75 Å². The third-order valence-electron chi connectivity index (χ3n) is 4.70. The van der Waals surface area contributed by atoms with Gasteiger partial charge < -0.3 is 10.1 Å². The van der Waals surface area contributed by atoms with Gasteiger partial charge in [0.1, 0.15) is 12.3 Å². The third kappa shape index (κ3) is 6.11. The van der Waals surface area contributed by atoms with E-state index in [9.17, 15) is 13.2 Å². The molecule has 168 valence electrons. The van der Waals surface area contributed by atoms with Gasteiger partial charge in [-0.25, -0.2) is 8.42 Å². The number of rotatable bonds is 9. The van der Waals surface area contributed by atoms with Crippen molar-refractivity contribution in [1.82, 2.24) is 5.32 Å². The summed E-state index contributed by atoms with van der Waals surface area (Å²) >= 11 is 3.32. The second-order valence-electron chi connectivity index (χ2n) is 7.16. The summed E-state index contributed by atoms with van der Waals surface area (Å²) in [5, 5.41) is 2.81. The van der Waals surface area contributed by atoms with Crippen LogP contribution in [0.25, 0.3) is 0 Å². The Kier molecular flexibility index (Phi) is 7.93. The molecule has 0 aliphatic carbocycles. The summed E-state index contributed by atoms with van der Waals surface area (Å²) in [4.78, 5) is 12.8.